The first-order valence-corrected chi connectivity index (χ1v) is 5.89. The van der Waals surface area contributed by atoms with E-state index in [1.165, 1.54) is 11.8 Å². The number of thioether (sulfide) groups is 1. The Labute approximate surface area is 98.9 Å². The minimum atomic E-state index is -0.854. The molecule has 0 saturated carbocycles. The summed E-state index contributed by atoms with van der Waals surface area (Å²) in [6, 6.07) is 7.70. The van der Waals surface area contributed by atoms with Gasteiger partial charge in [-0.05, 0) is 25.5 Å². The van der Waals surface area contributed by atoms with Gasteiger partial charge in [0.05, 0.1) is 0 Å². The van der Waals surface area contributed by atoms with Crippen molar-refractivity contribution < 1.29 is 14.7 Å². The quantitative estimate of drug-likeness (QED) is 0.801. The molecule has 4 heteroatoms. The van der Waals surface area contributed by atoms with E-state index in [0.717, 1.165) is 10.5 Å². The zero-order valence-electron chi connectivity index (χ0n) is 9.10. The van der Waals surface area contributed by atoms with Gasteiger partial charge < -0.3 is 5.11 Å². The Morgan fingerprint density at radius 3 is 2.38 bits per heavy atom. The minimum absolute atomic E-state index is 0.0186. The highest BCUT2D eigenvalue weighted by atomic mass is 32.2. The van der Waals surface area contributed by atoms with Gasteiger partial charge in [-0.2, -0.15) is 0 Å². The summed E-state index contributed by atoms with van der Waals surface area (Å²) < 4.78 is 0. The van der Waals surface area contributed by atoms with Crippen LogP contribution < -0.4 is 0 Å². The van der Waals surface area contributed by atoms with Crippen LogP contribution in [0.5, 0.6) is 0 Å². The Kier molecular flexibility index (Phi) is 5.05. The highest BCUT2D eigenvalue weighted by Crippen LogP contribution is 2.21. The number of carboxylic acid groups (broad SMARTS) is 1. The molecule has 0 aromatic heterocycles. The predicted octanol–water partition coefficient (Wildman–Crippen LogP) is 2.87. The summed E-state index contributed by atoms with van der Waals surface area (Å²) in [6.07, 6.45) is 0.776. The molecule has 0 amide bonds. The third kappa shape index (κ3) is 4.98. The molecule has 0 radical (unpaired) electrons. The SMILES string of the molecule is Cc1ccc(SC(=O)CCCC(=O)O)cc1. The number of carboxylic acids is 1. The first-order valence-electron chi connectivity index (χ1n) is 5.07. The molecule has 0 aliphatic carbocycles. The summed E-state index contributed by atoms with van der Waals surface area (Å²) in [5.41, 5.74) is 1.16. The van der Waals surface area contributed by atoms with Crippen molar-refractivity contribution in [3.05, 3.63) is 29.8 Å². The Hall–Kier alpha value is -1.29. The Bertz CT molecular complexity index is 370. The number of carbonyl (C=O) groups is 2. The molecule has 0 spiro atoms. The van der Waals surface area contributed by atoms with E-state index in [4.69, 9.17) is 5.11 Å². The number of aliphatic carboxylic acids is 1. The Balaban J connectivity index is 2.34. The molecule has 0 aliphatic rings. The molecule has 86 valence electrons. The van der Waals surface area contributed by atoms with E-state index >= 15 is 0 Å². The van der Waals surface area contributed by atoms with Crippen LogP contribution in [0.15, 0.2) is 29.2 Å². The Morgan fingerprint density at radius 1 is 1.19 bits per heavy atom. The standard InChI is InChI=1S/C12H14O3S/c1-9-5-7-10(8-6-9)16-12(15)4-2-3-11(13)14/h5-8H,2-4H2,1H3,(H,13,14). The number of aryl methyl sites for hydroxylation is 1. The molecule has 0 unspecified atom stereocenters. The molecule has 0 fully saturated rings. The van der Waals surface area contributed by atoms with E-state index < -0.39 is 5.97 Å². The van der Waals surface area contributed by atoms with E-state index in [2.05, 4.69) is 0 Å². The van der Waals surface area contributed by atoms with E-state index in [-0.39, 0.29) is 11.5 Å². The summed E-state index contributed by atoms with van der Waals surface area (Å²) in [5.74, 6) is -0.854. The smallest absolute Gasteiger partial charge is 0.303 e. The van der Waals surface area contributed by atoms with Gasteiger partial charge in [0.25, 0.3) is 0 Å². The number of hydrogen-bond acceptors (Lipinski definition) is 3. The van der Waals surface area contributed by atoms with Crippen LogP contribution in [-0.4, -0.2) is 16.2 Å². The molecule has 1 rings (SSSR count). The van der Waals surface area contributed by atoms with Crippen LogP contribution in [0.25, 0.3) is 0 Å². The average molecular weight is 238 g/mol. The first kappa shape index (κ1) is 12.8. The molecule has 3 nitrogen and oxygen atoms in total. The van der Waals surface area contributed by atoms with Crippen molar-refractivity contribution in [1.82, 2.24) is 0 Å². The second kappa shape index (κ2) is 6.33. The van der Waals surface area contributed by atoms with Crippen molar-refractivity contribution in [1.29, 1.82) is 0 Å². The van der Waals surface area contributed by atoms with Crippen molar-refractivity contribution in [2.24, 2.45) is 0 Å². The lowest BCUT2D eigenvalue weighted by atomic mass is 10.2. The maximum absolute atomic E-state index is 11.4. The van der Waals surface area contributed by atoms with Crippen molar-refractivity contribution in [2.45, 2.75) is 31.1 Å². The van der Waals surface area contributed by atoms with Gasteiger partial charge in [0.15, 0.2) is 5.12 Å². The van der Waals surface area contributed by atoms with Crippen molar-refractivity contribution in [2.75, 3.05) is 0 Å². The second-order valence-corrected chi connectivity index (χ2v) is 4.67. The van der Waals surface area contributed by atoms with Gasteiger partial charge >= 0.3 is 5.97 Å². The first-order chi connectivity index (χ1) is 7.58. The van der Waals surface area contributed by atoms with Gasteiger partial charge in [-0.3, -0.25) is 9.59 Å². The van der Waals surface area contributed by atoms with Gasteiger partial charge in [-0.25, -0.2) is 0 Å². The summed E-state index contributed by atoms with van der Waals surface area (Å²) in [7, 11) is 0. The number of rotatable bonds is 5. The van der Waals surface area contributed by atoms with Crippen LogP contribution in [0, 0.1) is 6.92 Å². The van der Waals surface area contributed by atoms with Gasteiger partial charge in [-0.1, -0.05) is 29.5 Å². The predicted molar refractivity (Wildman–Crippen MR) is 63.5 cm³/mol. The van der Waals surface area contributed by atoms with Crippen LogP contribution in [0.2, 0.25) is 0 Å². The van der Waals surface area contributed by atoms with E-state index in [0.29, 0.717) is 12.8 Å². The maximum Gasteiger partial charge on any atom is 0.303 e. The monoisotopic (exact) mass is 238 g/mol. The lowest BCUT2D eigenvalue weighted by Gasteiger charge is -2.00. The van der Waals surface area contributed by atoms with Crippen LogP contribution in [0.1, 0.15) is 24.8 Å². The fourth-order valence-electron chi connectivity index (χ4n) is 1.17. The van der Waals surface area contributed by atoms with Gasteiger partial charge in [0.1, 0.15) is 0 Å². The minimum Gasteiger partial charge on any atom is -0.481 e. The zero-order valence-corrected chi connectivity index (χ0v) is 9.92. The average Bonchev–Trinajstić information content (AvgIpc) is 2.21. The van der Waals surface area contributed by atoms with Gasteiger partial charge in [0.2, 0.25) is 0 Å². The highest BCUT2D eigenvalue weighted by Gasteiger charge is 2.06. The molecule has 0 saturated heterocycles. The van der Waals surface area contributed by atoms with Crippen molar-refractivity contribution in [3.8, 4) is 0 Å². The van der Waals surface area contributed by atoms with Crippen molar-refractivity contribution >= 4 is 22.8 Å². The Morgan fingerprint density at radius 2 is 1.81 bits per heavy atom. The topological polar surface area (TPSA) is 54.4 Å². The van der Waals surface area contributed by atoms with Crippen LogP contribution in [0.3, 0.4) is 0 Å². The zero-order chi connectivity index (χ0) is 12.0. The van der Waals surface area contributed by atoms with Crippen LogP contribution in [-0.2, 0) is 9.59 Å². The highest BCUT2D eigenvalue weighted by molar-refractivity contribution is 8.13. The third-order valence-electron chi connectivity index (χ3n) is 2.02. The number of benzene rings is 1. The molecule has 1 aromatic rings. The molecule has 0 heterocycles. The second-order valence-electron chi connectivity index (χ2n) is 3.53. The van der Waals surface area contributed by atoms with Crippen molar-refractivity contribution in [3.63, 3.8) is 0 Å². The summed E-state index contributed by atoms with van der Waals surface area (Å²) >= 11 is 1.17. The third-order valence-corrected chi connectivity index (χ3v) is 2.96. The number of carbonyl (C=O) groups excluding carboxylic acids is 1. The molecular weight excluding hydrogens is 224 g/mol. The molecule has 1 aromatic carbocycles. The lowest BCUT2D eigenvalue weighted by molar-refractivity contribution is -0.137. The van der Waals surface area contributed by atoms with Gasteiger partial charge in [0, 0.05) is 17.7 Å². The maximum atomic E-state index is 11.4. The lowest BCUT2D eigenvalue weighted by Crippen LogP contribution is -1.97. The molecule has 1 N–H and O–H groups in total. The molecule has 16 heavy (non-hydrogen) atoms. The summed E-state index contributed by atoms with van der Waals surface area (Å²) in [4.78, 5) is 22.6. The molecule has 0 bridgehead atoms. The molecular formula is C12H14O3S. The number of hydrogen-bond donors (Lipinski definition) is 1. The normalized spacial score (nSPS) is 10.1. The van der Waals surface area contributed by atoms with E-state index in [1.54, 1.807) is 0 Å². The van der Waals surface area contributed by atoms with Gasteiger partial charge in [-0.15, -0.1) is 0 Å². The fourth-order valence-corrected chi connectivity index (χ4v) is 1.95. The van der Waals surface area contributed by atoms with E-state index in [1.807, 2.05) is 31.2 Å². The largest absolute Gasteiger partial charge is 0.481 e. The molecule has 0 aliphatic heterocycles. The summed E-state index contributed by atoms with van der Waals surface area (Å²) in [5, 5.41) is 8.45. The summed E-state index contributed by atoms with van der Waals surface area (Å²) in [6.45, 7) is 1.99. The van der Waals surface area contributed by atoms with Crippen LogP contribution in [0.4, 0.5) is 0 Å². The van der Waals surface area contributed by atoms with Crippen LogP contribution >= 0.6 is 11.8 Å². The molecule has 0 atom stereocenters. The van der Waals surface area contributed by atoms with E-state index in [9.17, 15) is 9.59 Å². The fraction of sp³-hybridized carbons (Fsp3) is 0.333.